The Kier molecular flexibility index (Phi) is 9.23. The molecule has 3 rings (SSSR count). The molecule has 0 atom stereocenters. The van der Waals surface area contributed by atoms with Crippen molar-refractivity contribution in [2.75, 3.05) is 6.61 Å². The molecule has 0 radical (unpaired) electrons. The fraction of sp³-hybridized carbons (Fsp3) is 0.167. The minimum Gasteiger partial charge on any atom is -0.490 e. The molecular weight excluding hydrogens is 573 g/mol. The first-order valence-electron chi connectivity index (χ1n) is 10.2. The van der Waals surface area contributed by atoms with Gasteiger partial charge in [0.15, 0.2) is 11.5 Å². The SMILES string of the molecule is CCOc1cc(/C=N\NC(=O)Cc2ccc(Cl)cc2)cc(I)c1OCc1ccc([N+](=O)[O-])cc1. The molecule has 0 aliphatic rings. The summed E-state index contributed by atoms with van der Waals surface area (Å²) in [5, 5.41) is 15.5. The Bertz CT molecular complexity index is 1180. The molecule has 0 aliphatic heterocycles. The van der Waals surface area contributed by atoms with Gasteiger partial charge in [-0.15, -0.1) is 0 Å². The Morgan fingerprint density at radius 1 is 1.12 bits per heavy atom. The van der Waals surface area contributed by atoms with E-state index in [0.29, 0.717) is 23.1 Å². The number of hydrogen-bond acceptors (Lipinski definition) is 6. The maximum Gasteiger partial charge on any atom is 0.269 e. The van der Waals surface area contributed by atoms with Crippen LogP contribution in [0.25, 0.3) is 0 Å². The largest absolute Gasteiger partial charge is 0.490 e. The topological polar surface area (TPSA) is 103 Å². The van der Waals surface area contributed by atoms with Crippen LogP contribution in [0.15, 0.2) is 65.8 Å². The van der Waals surface area contributed by atoms with Gasteiger partial charge in [0.1, 0.15) is 6.61 Å². The lowest BCUT2D eigenvalue weighted by molar-refractivity contribution is -0.384. The summed E-state index contributed by atoms with van der Waals surface area (Å²) >= 11 is 8.00. The van der Waals surface area contributed by atoms with Gasteiger partial charge in [-0.3, -0.25) is 14.9 Å². The number of rotatable bonds is 10. The quantitative estimate of drug-likeness (QED) is 0.144. The van der Waals surface area contributed by atoms with Gasteiger partial charge in [-0.25, -0.2) is 5.43 Å². The van der Waals surface area contributed by atoms with Crippen LogP contribution in [-0.4, -0.2) is 23.7 Å². The van der Waals surface area contributed by atoms with Crippen LogP contribution in [0.4, 0.5) is 5.69 Å². The van der Waals surface area contributed by atoms with Gasteiger partial charge in [0, 0.05) is 17.2 Å². The van der Waals surface area contributed by atoms with E-state index < -0.39 is 4.92 Å². The lowest BCUT2D eigenvalue weighted by Gasteiger charge is -2.14. The zero-order chi connectivity index (χ0) is 24.5. The highest BCUT2D eigenvalue weighted by Gasteiger charge is 2.13. The third-order valence-electron chi connectivity index (χ3n) is 4.54. The first-order valence-corrected chi connectivity index (χ1v) is 11.7. The van der Waals surface area contributed by atoms with E-state index >= 15 is 0 Å². The third kappa shape index (κ3) is 7.42. The van der Waals surface area contributed by atoms with Crippen LogP contribution >= 0.6 is 34.2 Å². The molecule has 10 heteroatoms. The molecule has 1 N–H and O–H groups in total. The number of carbonyl (C=O) groups excluding carboxylic acids is 1. The van der Waals surface area contributed by atoms with Crippen molar-refractivity contribution >= 4 is 52.0 Å². The van der Waals surface area contributed by atoms with E-state index in [1.807, 2.05) is 13.0 Å². The zero-order valence-electron chi connectivity index (χ0n) is 18.2. The van der Waals surface area contributed by atoms with Crippen molar-refractivity contribution in [2.24, 2.45) is 5.10 Å². The molecule has 0 saturated carbocycles. The number of non-ortho nitro benzene ring substituents is 1. The van der Waals surface area contributed by atoms with Crippen LogP contribution in [0.1, 0.15) is 23.6 Å². The van der Waals surface area contributed by atoms with Crippen LogP contribution in [0.3, 0.4) is 0 Å². The second-order valence-electron chi connectivity index (χ2n) is 7.07. The van der Waals surface area contributed by atoms with Gasteiger partial charge in [0.2, 0.25) is 5.91 Å². The number of ether oxygens (including phenoxy) is 2. The van der Waals surface area contributed by atoms with E-state index in [1.54, 1.807) is 42.5 Å². The highest BCUT2D eigenvalue weighted by atomic mass is 127. The predicted molar refractivity (Wildman–Crippen MR) is 139 cm³/mol. The number of nitrogens with one attached hydrogen (secondary N) is 1. The highest BCUT2D eigenvalue weighted by Crippen LogP contribution is 2.34. The van der Waals surface area contributed by atoms with Gasteiger partial charge < -0.3 is 9.47 Å². The normalized spacial score (nSPS) is 10.8. The van der Waals surface area contributed by atoms with Crippen molar-refractivity contribution in [1.29, 1.82) is 0 Å². The lowest BCUT2D eigenvalue weighted by Crippen LogP contribution is -2.19. The fourth-order valence-corrected chi connectivity index (χ4v) is 3.85. The number of amides is 1. The molecule has 0 saturated heterocycles. The average molecular weight is 594 g/mol. The van der Waals surface area contributed by atoms with E-state index in [0.717, 1.165) is 20.3 Å². The summed E-state index contributed by atoms with van der Waals surface area (Å²) in [5.41, 5.74) is 4.89. The molecule has 0 heterocycles. The van der Waals surface area contributed by atoms with Crippen molar-refractivity contribution in [1.82, 2.24) is 5.43 Å². The van der Waals surface area contributed by atoms with Crippen LogP contribution in [0, 0.1) is 13.7 Å². The second kappa shape index (κ2) is 12.3. The number of halogens is 2. The molecular formula is C24H21ClIN3O5. The van der Waals surface area contributed by atoms with Crippen LogP contribution in [0.5, 0.6) is 11.5 Å². The van der Waals surface area contributed by atoms with Gasteiger partial charge in [0.05, 0.1) is 27.7 Å². The first kappa shape index (κ1) is 25.4. The van der Waals surface area contributed by atoms with Crippen molar-refractivity contribution in [3.63, 3.8) is 0 Å². The summed E-state index contributed by atoms with van der Waals surface area (Å²) in [7, 11) is 0. The van der Waals surface area contributed by atoms with Crippen molar-refractivity contribution in [2.45, 2.75) is 20.0 Å². The number of benzene rings is 3. The number of carbonyl (C=O) groups is 1. The molecule has 3 aromatic rings. The van der Waals surface area contributed by atoms with Gasteiger partial charge in [0.25, 0.3) is 5.69 Å². The second-order valence-corrected chi connectivity index (χ2v) is 8.67. The van der Waals surface area contributed by atoms with Gasteiger partial charge in [-0.2, -0.15) is 5.10 Å². The molecule has 0 fully saturated rings. The van der Waals surface area contributed by atoms with E-state index in [2.05, 4.69) is 33.1 Å². The molecule has 34 heavy (non-hydrogen) atoms. The molecule has 0 spiro atoms. The van der Waals surface area contributed by atoms with Crippen molar-refractivity contribution in [3.8, 4) is 11.5 Å². The van der Waals surface area contributed by atoms with E-state index in [9.17, 15) is 14.9 Å². The Balaban J connectivity index is 1.65. The minimum atomic E-state index is -0.443. The summed E-state index contributed by atoms with van der Waals surface area (Å²) in [6.07, 6.45) is 1.72. The van der Waals surface area contributed by atoms with E-state index in [1.165, 1.54) is 18.3 Å². The molecule has 0 aliphatic carbocycles. The highest BCUT2D eigenvalue weighted by molar-refractivity contribution is 14.1. The number of hydrazone groups is 1. The van der Waals surface area contributed by atoms with Crippen LogP contribution in [-0.2, 0) is 17.8 Å². The number of nitrogens with zero attached hydrogens (tertiary/aromatic N) is 2. The molecule has 3 aromatic carbocycles. The molecule has 0 bridgehead atoms. The number of nitro benzene ring substituents is 1. The maximum atomic E-state index is 12.1. The molecule has 0 aromatic heterocycles. The number of nitro groups is 1. The predicted octanol–water partition coefficient (Wildman–Crippen LogP) is 5.52. The summed E-state index contributed by atoms with van der Waals surface area (Å²) in [5.74, 6) is 0.844. The Labute approximate surface area is 215 Å². The van der Waals surface area contributed by atoms with E-state index in [-0.39, 0.29) is 24.6 Å². The van der Waals surface area contributed by atoms with Crippen molar-refractivity contribution in [3.05, 3.63) is 96.1 Å². The Hall–Kier alpha value is -3.18. The summed E-state index contributed by atoms with van der Waals surface area (Å²) < 4.78 is 12.5. The Morgan fingerprint density at radius 3 is 2.44 bits per heavy atom. The van der Waals surface area contributed by atoms with Crippen LogP contribution < -0.4 is 14.9 Å². The molecule has 8 nitrogen and oxygen atoms in total. The maximum absolute atomic E-state index is 12.1. The van der Waals surface area contributed by atoms with Crippen LogP contribution in [0.2, 0.25) is 5.02 Å². The average Bonchev–Trinajstić information content (AvgIpc) is 2.80. The van der Waals surface area contributed by atoms with Gasteiger partial charge in [-0.05, 0) is 82.6 Å². The number of hydrogen-bond donors (Lipinski definition) is 1. The monoisotopic (exact) mass is 593 g/mol. The molecule has 1 amide bonds. The van der Waals surface area contributed by atoms with Gasteiger partial charge >= 0.3 is 0 Å². The summed E-state index contributed by atoms with van der Waals surface area (Å²) in [4.78, 5) is 22.5. The molecule has 176 valence electrons. The van der Waals surface area contributed by atoms with Gasteiger partial charge in [-0.1, -0.05) is 23.7 Å². The third-order valence-corrected chi connectivity index (χ3v) is 5.60. The molecule has 0 unspecified atom stereocenters. The van der Waals surface area contributed by atoms with Crippen molar-refractivity contribution < 1.29 is 19.2 Å². The smallest absolute Gasteiger partial charge is 0.269 e. The summed E-state index contributed by atoms with van der Waals surface area (Å²) in [6.45, 7) is 2.52. The standard InChI is InChI=1S/C24H21ClIN3O5/c1-2-33-22-12-18(14-27-28-23(30)13-16-3-7-19(25)8-4-16)11-21(26)24(22)34-15-17-5-9-20(10-6-17)29(31)32/h3-12,14H,2,13,15H2,1H3,(H,28,30)/b27-14-. The zero-order valence-corrected chi connectivity index (χ0v) is 21.1. The minimum absolute atomic E-state index is 0.0252. The Morgan fingerprint density at radius 2 is 1.79 bits per heavy atom. The summed E-state index contributed by atoms with van der Waals surface area (Å²) in [6, 6.07) is 16.8. The lowest BCUT2D eigenvalue weighted by atomic mass is 10.1. The fourth-order valence-electron chi connectivity index (χ4n) is 2.94. The first-order chi connectivity index (χ1) is 16.4. The van der Waals surface area contributed by atoms with E-state index in [4.69, 9.17) is 21.1 Å².